The van der Waals surface area contributed by atoms with Crippen molar-refractivity contribution in [2.24, 2.45) is 11.8 Å². The molecule has 0 fully saturated rings. The van der Waals surface area contributed by atoms with Gasteiger partial charge in [-0.25, -0.2) is 13.2 Å². The molecule has 3 atom stereocenters. The van der Waals surface area contributed by atoms with Crippen LogP contribution in [0.25, 0.3) is 0 Å². The Morgan fingerprint density at radius 2 is 1.46 bits per heavy atom. The van der Waals surface area contributed by atoms with Gasteiger partial charge in [0.1, 0.15) is 6.04 Å². The maximum absolute atomic E-state index is 13.7. The number of nitrogens with zero attached hydrogens (tertiary/aromatic N) is 1. The van der Waals surface area contributed by atoms with Gasteiger partial charge in [-0.3, -0.25) is 4.79 Å². The third-order valence-electron chi connectivity index (χ3n) is 8.03. The molecule has 0 spiro atoms. The number of ether oxygens (including phenoxy) is 1. The van der Waals surface area contributed by atoms with Crippen LogP contribution in [0.15, 0.2) is 89.8 Å². The molecule has 0 aliphatic rings. The van der Waals surface area contributed by atoms with Crippen LogP contribution < -0.4 is 16.4 Å². The van der Waals surface area contributed by atoms with E-state index in [1.807, 2.05) is 81.4 Å². The van der Waals surface area contributed by atoms with E-state index < -0.39 is 34.1 Å². The first kappa shape index (κ1) is 36.5. The van der Waals surface area contributed by atoms with Crippen molar-refractivity contribution in [3.63, 3.8) is 0 Å². The molecule has 0 saturated heterocycles. The maximum atomic E-state index is 13.7. The van der Waals surface area contributed by atoms with E-state index in [4.69, 9.17) is 10.5 Å². The highest BCUT2D eigenvalue weighted by Gasteiger charge is 2.34. The Morgan fingerprint density at radius 1 is 0.891 bits per heavy atom. The van der Waals surface area contributed by atoms with Crippen LogP contribution in [-0.4, -0.2) is 68.7 Å². The molecule has 2 unspecified atom stereocenters. The van der Waals surface area contributed by atoms with E-state index in [0.717, 1.165) is 11.1 Å². The first-order valence-corrected chi connectivity index (χ1v) is 17.1. The predicted octanol–water partition coefficient (Wildman–Crippen LogP) is 4.76. The van der Waals surface area contributed by atoms with Gasteiger partial charge in [-0.15, -0.1) is 0 Å². The molecule has 0 heterocycles. The molecule has 11 heteroatoms. The Morgan fingerprint density at radius 3 is 1.96 bits per heavy atom. The number of hydrogen-bond acceptors (Lipinski definition) is 7. The van der Waals surface area contributed by atoms with Crippen molar-refractivity contribution in [1.82, 2.24) is 14.9 Å². The standard InChI is InChI=1S/C35H48N4O6S/c1-25(2)20-22-39(46(43,44)31-17-15-29(36)16-18-31)30(24-40)23-26(3)19-21-37-34(41)33(38-35(42)45-4)32(27-11-7-5-8-12-27)28-13-9-6-10-14-28/h5-18,25-26,30,32-33,40H,19-24,36H2,1-4H3,(H,37,41)(H,38,42)/t26?,30?,33-/m0/s1. The van der Waals surface area contributed by atoms with Crippen LogP contribution in [0, 0.1) is 11.8 Å². The number of methoxy groups -OCH3 is 1. The van der Waals surface area contributed by atoms with Crippen molar-refractivity contribution in [2.75, 3.05) is 32.5 Å². The van der Waals surface area contributed by atoms with Gasteiger partial charge >= 0.3 is 6.09 Å². The summed E-state index contributed by atoms with van der Waals surface area (Å²) in [6.45, 7) is 6.21. The largest absolute Gasteiger partial charge is 0.453 e. The third kappa shape index (κ3) is 10.3. The minimum Gasteiger partial charge on any atom is -0.453 e. The highest BCUT2D eigenvalue weighted by atomic mass is 32.2. The fraction of sp³-hybridized carbons (Fsp3) is 0.429. The number of benzene rings is 3. The average Bonchev–Trinajstić information content (AvgIpc) is 3.04. The van der Waals surface area contributed by atoms with Crippen molar-refractivity contribution in [3.8, 4) is 0 Å². The molecule has 46 heavy (non-hydrogen) atoms. The summed E-state index contributed by atoms with van der Waals surface area (Å²) in [5.74, 6) is -0.644. The molecule has 2 amide bonds. The number of aliphatic hydroxyl groups excluding tert-OH is 1. The second-order valence-corrected chi connectivity index (χ2v) is 13.9. The van der Waals surface area contributed by atoms with E-state index in [0.29, 0.717) is 24.9 Å². The molecule has 250 valence electrons. The second-order valence-electron chi connectivity index (χ2n) is 12.0. The van der Waals surface area contributed by atoms with Gasteiger partial charge in [0.2, 0.25) is 15.9 Å². The molecule has 3 aromatic rings. The summed E-state index contributed by atoms with van der Waals surface area (Å²) in [5, 5.41) is 16.1. The zero-order valence-corrected chi connectivity index (χ0v) is 28.0. The molecule has 3 aromatic carbocycles. The number of carbonyl (C=O) groups excluding carboxylic acids is 2. The van der Waals surface area contributed by atoms with E-state index in [-0.39, 0.29) is 42.3 Å². The summed E-state index contributed by atoms with van der Waals surface area (Å²) in [5.41, 5.74) is 7.96. The molecule has 0 saturated carbocycles. The second kappa shape index (κ2) is 17.7. The summed E-state index contributed by atoms with van der Waals surface area (Å²) in [7, 11) is -2.64. The van der Waals surface area contributed by atoms with E-state index in [1.165, 1.54) is 23.5 Å². The lowest BCUT2D eigenvalue weighted by atomic mass is 9.84. The van der Waals surface area contributed by atoms with Crippen molar-refractivity contribution in [2.45, 2.75) is 62.9 Å². The smallest absolute Gasteiger partial charge is 0.407 e. The predicted molar refractivity (Wildman–Crippen MR) is 181 cm³/mol. The van der Waals surface area contributed by atoms with E-state index in [1.54, 1.807) is 12.1 Å². The fourth-order valence-corrected chi connectivity index (χ4v) is 7.10. The summed E-state index contributed by atoms with van der Waals surface area (Å²) < 4.78 is 33.7. The lowest BCUT2D eigenvalue weighted by Gasteiger charge is -2.32. The number of anilines is 1. The number of sulfonamides is 1. The van der Waals surface area contributed by atoms with E-state index in [9.17, 15) is 23.1 Å². The van der Waals surface area contributed by atoms with Crippen LogP contribution in [0.5, 0.6) is 0 Å². The third-order valence-corrected chi connectivity index (χ3v) is 10.0. The van der Waals surface area contributed by atoms with Gasteiger partial charge in [-0.1, -0.05) is 81.4 Å². The summed E-state index contributed by atoms with van der Waals surface area (Å²) in [6, 6.07) is 23.4. The summed E-state index contributed by atoms with van der Waals surface area (Å²) in [4.78, 5) is 26.2. The Hall–Kier alpha value is -3.93. The Balaban J connectivity index is 1.75. The van der Waals surface area contributed by atoms with Gasteiger partial charge in [0, 0.05) is 30.7 Å². The van der Waals surface area contributed by atoms with Crippen molar-refractivity contribution in [1.29, 1.82) is 0 Å². The van der Waals surface area contributed by atoms with Crippen LogP contribution in [0.4, 0.5) is 10.5 Å². The maximum Gasteiger partial charge on any atom is 0.407 e. The van der Waals surface area contributed by atoms with Gasteiger partial charge < -0.3 is 26.2 Å². The molecule has 5 N–H and O–H groups in total. The average molecular weight is 653 g/mol. The van der Waals surface area contributed by atoms with Crippen molar-refractivity contribution < 1.29 is 27.9 Å². The molecule has 0 radical (unpaired) electrons. The SMILES string of the molecule is COC(=O)N[C@H](C(=O)NCCC(C)CC(CO)N(CCC(C)C)S(=O)(=O)c1ccc(N)cc1)C(c1ccccc1)c1ccccc1. The lowest BCUT2D eigenvalue weighted by Crippen LogP contribution is -2.50. The first-order valence-electron chi connectivity index (χ1n) is 15.7. The van der Waals surface area contributed by atoms with Gasteiger partial charge in [0.15, 0.2) is 0 Å². The molecule has 0 aliphatic heterocycles. The number of aliphatic hydroxyl groups is 1. The van der Waals surface area contributed by atoms with Crippen molar-refractivity contribution >= 4 is 27.7 Å². The number of carbonyl (C=O) groups is 2. The summed E-state index contributed by atoms with van der Waals surface area (Å²) >= 11 is 0. The zero-order chi connectivity index (χ0) is 33.7. The number of alkyl carbamates (subject to hydrolysis) is 1. The molecule has 10 nitrogen and oxygen atoms in total. The van der Waals surface area contributed by atoms with Crippen LogP contribution in [0.2, 0.25) is 0 Å². The number of amides is 2. The van der Waals surface area contributed by atoms with E-state index >= 15 is 0 Å². The first-order chi connectivity index (χ1) is 22.0. The number of nitrogens with two attached hydrogens (primary N) is 1. The van der Waals surface area contributed by atoms with Crippen molar-refractivity contribution in [3.05, 3.63) is 96.1 Å². The van der Waals surface area contributed by atoms with E-state index in [2.05, 4.69) is 10.6 Å². The molecule has 3 rings (SSSR count). The molecule has 0 aromatic heterocycles. The summed E-state index contributed by atoms with van der Waals surface area (Å²) in [6.07, 6.45) is 0.821. The molecule has 0 aliphatic carbocycles. The number of rotatable bonds is 17. The lowest BCUT2D eigenvalue weighted by molar-refractivity contribution is -0.123. The van der Waals surface area contributed by atoms with Gasteiger partial charge in [-0.2, -0.15) is 4.31 Å². The van der Waals surface area contributed by atoms with Crippen LogP contribution in [0.1, 0.15) is 57.1 Å². The zero-order valence-electron chi connectivity index (χ0n) is 27.1. The Bertz CT molecular complexity index is 1430. The fourth-order valence-electron chi connectivity index (χ4n) is 5.46. The monoisotopic (exact) mass is 652 g/mol. The normalized spacial score (nSPS) is 13.7. The van der Waals surface area contributed by atoms with Crippen LogP contribution in [-0.2, 0) is 19.6 Å². The minimum absolute atomic E-state index is 0.0494. The topological polar surface area (TPSA) is 151 Å². The van der Waals surface area contributed by atoms with Gasteiger partial charge in [-0.05, 0) is 66.5 Å². The molecular formula is C35H48N4O6S. The Kier molecular flexibility index (Phi) is 14.0. The number of nitrogen functional groups attached to an aromatic ring is 1. The van der Waals surface area contributed by atoms with Crippen LogP contribution in [0.3, 0.4) is 0 Å². The molecule has 0 bridgehead atoms. The number of nitrogens with one attached hydrogen (secondary N) is 2. The highest BCUT2D eigenvalue weighted by Crippen LogP contribution is 2.29. The highest BCUT2D eigenvalue weighted by molar-refractivity contribution is 7.89. The Labute approximate surface area is 273 Å². The minimum atomic E-state index is -3.90. The van der Waals surface area contributed by atoms with Gasteiger partial charge in [0.05, 0.1) is 18.6 Å². The van der Waals surface area contributed by atoms with Gasteiger partial charge in [0.25, 0.3) is 0 Å². The quantitative estimate of drug-likeness (QED) is 0.154. The molecular weight excluding hydrogens is 604 g/mol. The van der Waals surface area contributed by atoms with Crippen LogP contribution >= 0.6 is 0 Å². The number of hydrogen-bond donors (Lipinski definition) is 4.